The lowest BCUT2D eigenvalue weighted by molar-refractivity contribution is -0.200. The minimum Gasteiger partial charge on any atom is -0.364 e. The highest BCUT2D eigenvalue weighted by molar-refractivity contribution is 5.75. The van der Waals surface area contributed by atoms with Gasteiger partial charge in [-0.2, -0.15) is 0 Å². The molecule has 1 rings (SSSR count). The molecule has 0 aromatic rings. The minimum atomic E-state index is -1.71. The number of carbonyl (C=O) groups excluding carboxylic acids is 1. The van der Waals surface area contributed by atoms with Gasteiger partial charge in [0.1, 0.15) is 0 Å². The number of nitrogens with one attached hydrogen (secondary N) is 1. The van der Waals surface area contributed by atoms with Gasteiger partial charge >= 0.3 is 0 Å². The molecule has 0 aliphatic heterocycles. The number of amides is 1. The van der Waals surface area contributed by atoms with Crippen LogP contribution < -0.4 is 5.32 Å². The smallest absolute Gasteiger partial charge is 0.220 e. The van der Waals surface area contributed by atoms with Crippen LogP contribution in [0.2, 0.25) is 0 Å². The summed E-state index contributed by atoms with van der Waals surface area (Å²) in [5.74, 6) is -1.83. The Balaban J connectivity index is 2.51. The molecule has 0 radical (unpaired) electrons. The molecule has 4 heteroatoms. The summed E-state index contributed by atoms with van der Waals surface area (Å²) < 4.78 is 0. The van der Waals surface area contributed by atoms with E-state index in [0.717, 1.165) is 12.8 Å². The largest absolute Gasteiger partial charge is 0.364 e. The van der Waals surface area contributed by atoms with Gasteiger partial charge in [-0.25, -0.2) is 0 Å². The second kappa shape index (κ2) is 4.07. The summed E-state index contributed by atoms with van der Waals surface area (Å²) in [7, 11) is 0. The van der Waals surface area contributed by atoms with Crippen molar-refractivity contribution in [2.24, 2.45) is 0 Å². The van der Waals surface area contributed by atoms with Crippen LogP contribution in [0.3, 0.4) is 0 Å². The Bertz CT molecular complexity index is 191. The molecule has 0 spiro atoms. The van der Waals surface area contributed by atoms with Crippen molar-refractivity contribution in [3.05, 3.63) is 0 Å². The minimum absolute atomic E-state index is 0.126. The maximum Gasteiger partial charge on any atom is 0.220 e. The van der Waals surface area contributed by atoms with E-state index in [4.69, 9.17) is 0 Å². The van der Waals surface area contributed by atoms with Crippen molar-refractivity contribution in [2.45, 2.75) is 50.9 Å². The lowest BCUT2D eigenvalue weighted by Gasteiger charge is -2.35. The third kappa shape index (κ3) is 2.67. The summed E-state index contributed by atoms with van der Waals surface area (Å²) in [5.41, 5.74) is 0. The van der Waals surface area contributed by atoms with E-state index in [0.29, 0.717) is 19.3 Å². The highest BCUT2D eigenvalue weighted by Crippen LogP contribution is 2.25. The fourth-order valence-corrected chi connectivity index (χ4v) is 1.62. The molecule has 1 amide bonds. The molecule has 1 aliphatic carbocycles. The quantitative estimate of drug-likeness (QED) is 0.538. The van der Waals surface area contributed by atoms with Gasteiger partial charge in [0.2, 0.25) is 5.91 Å². The number of aliphatic hydroxyl groups is 2. The van der Waals surface area contributed by atoms with Gasteiger partial charge in [0.25, 0.3) is 0 Å². The lowest BCUT2D eigenvalue weighted by Crippen LogP contribution is -2.54. The fourth-order valence-electron chi connectivity index (χ4n) is 1.62. The first-order valence-corrected chi connectivity index (χ1v) is 4.80. The molecule has 0 aromatic heterocycles. The van der Waals surface area contributed by atoms with Crippen LogP contribution in [0.25, 0.3) is 0 Å². The molecule has 1 aliphatic rings. The van der Waals surface area contributed by atoms with Crippen molar-refractivity contribution in [3.8, 4) is 0 Å². The second-order valence-electron chi connectivity index (χ2n) is 3.60. The summed E-state index contributed by atoms with van der Waals surface area (Å²) in [6.45, 7) is 1.74. The predicted octanol–water partition coefficient (Wildman–Crippen LogP) is 0.136. The summed E-state index contributed by atoms with van der Waals surface area (Å²) >= 11 is 0. The second-order valence-corrected chi connectivity index (χ2v) is 3.60. The van der Waals surface area contributed by atoms with E-state index in [9.17, 15) is 15.0 Å². The molecule has 4 nitrogen and oxygen atoms in total. The molecule has 13 heavy (non-hydrogen) atoms. The zero-order valence-electron chi connectivity index (χ0n) is 7.92. The average molecular weight is 187 g/mol. The van der Waals surface area contributed by atoms with E-state index in [1.165, 1.54) is 0 Å². The van der Waals surface area contributed by atoms with Crippen LogP contribution in [0.15, 0.2) is 0 Å². The van der Waals surface area contributed by atoms with Gasteiger partial charge in [-0.05, 0) is 12.8 Å². The molecule has 1 fully saturated rings. The van der Waals surface area contributed by atoms with Crippen molar-refractivity contribution < 1.29 is 15.0 Å². The zero-order chi connectivity index (χ0) is 9.90. The van der Waals surface area contributed by atoms with Crippen LogP contribution in [0.5, 0.6) is 0 Å². The fraction of sp³-hybridized carbons (Fsp3) is 0.889. The monoisotopic (exact) mass is 187 g/mol. The van der Waals surface area contributed by atoms with E-state index in [2.05, 4.69) is 5.32 Å². The Morgan fingerprint density at radius 1 is 1.54 bits per heavy atom. The first-order valence-electron chi connectivity index (χ1n) is 4.80. The molecular weight excluding hydrogens is 170 g/mol. The van der Waals surface area contributed by atoms with Crippen LogP contribution in [0.1, 0.15) is 39.0 Å². The Morgan fingerprint density at radius 2 is 2.23 bits per heavy atom. The Labute approximate surface area is 78.0 Å². The van der Waals surface area contributed by atoms with E-state index in [1.54, 1.807) is 6.92 Å². The number of rotatable bonds is 2. The first kappa shape index (κ1) is 10.5. The highest BCUT2D eigenvalue weighted by Gasteiger charge is 2.37. The van der Waals surface area contributed by atoms with Crippen molar-refractivity contribution in [1.29, 1.82) is 0 Å². The summed E-state index contributed by atoms with van der Waals surface area (Å²) in [5, 5.41) is 21.7. The van der Waals surface area contributed by atoms with Crippen molar-refractivity contribution >= 4 is 5.91 Å². The topological polar surface area (TPSA) is 69.6 Å². The van der Waals surface area contributed by atoms with Gasteiger partial charge in [-0.3, -0.25) is 4.79 Å². The van der Waals surface area contributed by atoms with Gasteiger partial charge in [-0.15, -0.1) is 0 Å². The van der Waals surface area contributed by atoms with E-state index < -0.39 is 11.8 Å². The summed E-state index contributed by atoms with van der Waals surface area (Å²) in [6.07, 6.45) is 3.13. The van der Waals surface area contributed by atoms with E-state index in [-0.39, 0.29) is 5.91 Å². The SMILES string of the molecule is CCC(=O)NC1CCCCC1(O)O. The Morgan fingerprint density at radius 3 is 2.77 bits per heavy atom. The van der Waals surface area contributed by atoms with Crippen molar-refractivity contribution in [2.75, 3.05) is 0 Å². The lowest BCUT2D eigenvalue weighted by atomic mass is 9.89. The maximum atomic E-state index is 11.0. The molecule has 1 atom stereocenters. The molecule has 76 valence electrons. The van der Waals surface area contributed by atoms with Crippen LogP contribution in [0.4, 0.5) is 0 Å². The van der Waals surface area contributed by atoms with Crippen LogP contribution >= 0.6 is 0 Å². The van der Waals surface area contributed by atoms with Crippen molar-refractivity contribution in [1.82, 2.24) is 5.32 Å². The predicted molar refractivity (Wildman–Crippen MR) is 47.9 cm³/mol. The van der Waals surface area contributed by atoms with Gasteiger partial charge in [0, 0.05) is 12.8 Å². The third-order valence-electron chi connectivity index (χ3n) is 2.50. The molecule has 0 bridgehead atoms. The molecule has 0 heterocycles. The molecule has 1 saturated carbocycles. The van der Waals surface area contributed by atoms with Crippen LogP contribution in [0, 0.1) is 0 Å². The highest BCUT2D eigenvalue weighted by atomic mass is 16.5. The van der Waals surface area contributed by atoms with E-state index >= 15 is 0 Å². The van der Waals surface area contributed by atoms with Gasteiger partial charge in [-0.1, -0.05) is 13.3 Å². The number of hydrogen-bond acceptors (Lipinski definition) is 3. The summed E-state index contributed by atoms with van der Waals surface area (Å²) in [6, 6.07) is -0.492. The molecule has 0 saturated heterocycles. The molecule has 1 unspecified atom stereocenters. The third-order valence-corrected chi connectivity index (χ3v) is 2.50. The number of hydrogen-bond donors (Lipinski definition) is 3. The zero-order valence-corrected chi connectivity index (χ0v) is 7.92. The normalized spacial score (nSPS) is 26.8. The van der Waals surface area contributed by atoms with Gasteiger partial charge in [0.15, 0.2) is 5.79 Å². The van der Waals surface area contributed by atoms with Crippen molar-refractivity contribution in [3.63, 3.8) is 0 Å². The maximum absolute atomic E-state index is 11.0. The number of carbonyl (C=O) groups is 1. The van der Waals surface area contributed by atoms with Gasteiger partial charge in [0.05, 0.1) is 6.04 Å². The van der Waals surface area contributed by atoms with Crippen LogP contribution in [-0.2, 0) is 4.79 Å². The molecular formula is C9H17NO3. The average Bonchev–Trinajstić information content (AvgIpc) is 2.08. The summed E-state index contributed by atoms with van der Waals surface area (Å²) in [4.78, 5) is 11.0. The van der Waals surface area contributed by atoms with Gasteiger partial charge < -0.3 is 15.5 Å². The molecule has 0 aromatic carbocycles. The van der Waals surface area contributed by atoms with E-state index in [1.807, 2.05) is 0 Å². The van der Waals surface area contributed by atoms with Crippen LogP contribution in [-0.4, -0.2) is 27.9 Å². The Kier molecular flexibility index (Phi) is 3.27. The molecule has 3 N–H and O–H groups in total. The Hall–Kier alpha value is -0.610. The standard InChI is InChI=1S/C9H17NO3/c1-2-8(11)10-7-5-3-4-6-9(7,12)13/h7,12-13H,2-6H2,1H3,(H,10,11). The first-order chi connectivity index (χ1) is 6.06.